The molecule has 2 N–H and O–H groups in total. The van der Waals surface area contributed by atoms with Crippen LogP contribution in [0.15, 0.2) is 24.3 Å². The number of benzene rings is 1. The van der Waals surface area contributed by atoms with Crippen LogP contribution in [0.4, 0.5) is 0 Å². The lowest BCUT2D eigenvalue weighted by molar-refractivity contribution is 0.177. The lowest BCUT2D eigenvalue weighted by atomic mass is 10.0. The SMILES string of the molecule is Cc1cccc(C(C)NCC2CCC(O)C2)c1. The van der Waals surface area contributed by atoms with Crippen molar-refractivity contribution in [1.29, 1.82) is 0 Å². The summed E-state index contributed by atoms with van der Waals surface area (Å²) in [6, 6.07) is 9.05. The largest absolute Gasteiger partial charge is 0.393 e. The Bertz CT molecular complexity index is 364. The van der Waals surface area contributed by atoms with Gasteiger partial charge in [0.05, 0.1) is 6.10 Å². The lowest BCUT2D eigenvalue weighted by Gasteiger charge is -2.18. The molecule has 1 aromatic rings. The molecule has 94 valence electrons. The van der Waals surface area contributed by atoms with Gasteiger partial charge in [0.15, 0.2) is 0 Å². The van der Waals surface area contributed by atoms with Gasteiger partial charge in [-0.25, -0.2) is 0 Å². The Kier molecular flexibility index (Phi) is 4.19. The van der Waals surface area contributed by atoms with Gasteiger partial charge >= 0.3 is 0 Å². The van der Waals surface area contributed by atoms with Crippen molar-refractivity contribution in [1.82, 2.24) is 5.32 Å². The van der Waals surface area contributed by atoms with E-state index in [-0.39, 0.29) is 6.10 Å². The summed E-state index contributed by atoms with van der Waals surface area (Å²) in [5, 5.41) is 13.1. The predicted molar refractivity (Wildman–Crippen MR) is 70.9 cm³/mol. The number of aliphatic hydroxyl groups excluding tert-OH is 1. The van der Waals surface area contributed by atoms with Crippen molar-refractivity contribution in [2.24, 2.45) is 5.92 Å². The molecule has 2 nitrogen and oxygen atoms in total. The standard InChI is InChI=1S/C15H23NO/c1-11-4-3-5-14(8-11)12(2)16-10-13-6-7-15(17)9-13/h3-5,8,12-13,15-17H,6-7,9-10H2,1-2H3. The molecule has 0 spiro atoms. The Labute approximate surface area is 104 Å². The van der Waals surface area contributed by atoms with E-state index in [2.05, 4.69) is 43.4 Å². The van der Waals surface area contributed by atoms with Crippen molar-refractivity contribution in [3.63, 3.8) is 0 Å². The van der Waals surface area contributed by atoms with Crippen LogP contribution in [0.1, 0.15) is 43.4 Å². The van der Waals surface area contributed by atoms with Gasteiger partial charge in [-0.15, -0.1) is 0 Å². The third-order valence-electron chi connectivity index (χ3n) is 3.77. The molecule has 17 heavy (non-hydrogen) atoms. The first kappa shape index (κ1) is 12.6. The van der Waals surface area contributed by atoms with Crippen molar-refractivity contribution in [2.45, 2.75) is 45.3 Å². The topological polar surface area (TPSA) is 32.3 Å². The minimum Gasteiger partial charge on any atom is -0.393 e. The average molecular weight is 233 g/mol. The van der Waals surface area contributed by atoms with E-state index in [1.54, 1.807) is 0 Å². The Morgan fingerprint density at radius 1 is 1.41 bits per heavy atom. The Balaban J connectivity index is 1.83. The molecule has 1 aromatic carbocycles. The fraction of sp³-hybridized carbons (Fsp3) is 0.600. The number of rotatable bonds is 4. The smallest absolute Gasteiger partial charge is 0.0543 e. The third-order valence-corrected chi connectivity index (χ3v) is 3.77. The van der Waals surface area contributed by atoms with Gasteiger partial charge in [-0.1, -0.05) is 29.8 Å². The summed E-state index contributed by atoms with van der Waals surface area (Å²) in [5.41, 5.74) is 2.66. The van der Waals surface area contributed by atoms with Gasteiger partial charge in [-0.3, -0.25) is 0 Å². The van der Waals surface area contributed by atoms with Crippen LogP contribution in [0.3, 0.4) is 0 Å². The summed E-state index contributed by atoms with van der Waals surface area (Å²) in [6.45, 7) is 5.36. The zero-order chi connectivity index (χ0) is 12.3. The molecule has 3 unspecified atom stereocenters. The molecule has 0 aliphatic heterocycles. The predicted octanol–water partition coefficient (Wildman–Crippen LogP) is 2.81. The van der Waals surface area contributed by atoms with E-state index in [1.165, 1.54) is 11.1 Å². The van der Waals surface area contributed by atoms with Crippen LogP contribution in [0.25, 0.3) is 0 Å². The molecule has 2 rings (SSSR count). The molecule has 0 radical (unpaired) electrons. The molecule has 1 aliphatic rings. The van der Waals surface area contributed by atoms with Crippen molar-refractivity contribution in [2.75, 3.05) is 6.54 Å². The molecular weight excluding hydrogens is 210 g/mol. The van der Waals surface area contributed by atoms with Crippen molar-refractivity contribution < 1.29 is 5.11 Å². The molecule has 1 fully saturated rings. The number of hydrogen-bond donors (Lipinski definition) is 2. The van der Waals surface area contributed by atoms with Crippen LogP contribution in [0.5, 0.6) is 0 Å². The maximum Gasteiger partial charge on any atom is 0.0543 e. The second kappa shape index (κ2) is 5.65. The fourth-order valence-electron chi connectivity index (χ4n) is 2.63. The highest BCUT2D eigenvalue weighted by molar-refractivity contribution is 5.24. The van der Waals surface area contributed by atoms with Gasteiger partial charge in [0.25, 0.3) is 0 Å². The van der Waals surface area contributed by atoms with E-state index < -0.39 is 0 Å². The fourth-order valence-corrected chi connectivity index (χ4v) is 2.63. The molecule has 0 aromatic heterocycles. The van der Waals surface area contributed by atoms with Crippen LogP contribution < -0.4 is 5.32 Å². The summed E-state index contributed by atoms with van der Waals surface area (Å²) in [5.74, 6) is 0.650. The van der Waals surface area contributed by atoms with E-state index in [9.17, 15) is 5.11 Å². The lowest BCUT2D eigenvalue weighted by Crippen LogP contribution is -2.25. The molecule has 3 atom stereocenters. The van der Waals surface area contributed by atoms with Crippen molar-refractivity contribution in [3.8, 4) is 0 Å². The first-order valence-corrected chi connectivity index (χ1v) is 6.63. The molecule has 0 saturated heterocycles. The van der Waals surface area contributed by atoms with Gasteiger partial charge < -0.3 is 10.4 Å². The summed E-state index contributed by atoms with van der Waals surface area (Å²) >= 11 is 0. The normalized spacial score (nSPS) is 26.1. The number of aryl methyl sites for hydroxylation is 1. The van der Waals surface area contributed by atoms with Gasteiger partial charge in [0.2, 0.25) is 0 Å². The van der Waals surface area contributed by atoms with Crippen molar-refractivity contribution in [3.05, 3.63) is 35.4 Å². The maximum atomic E-state index is 9.49. The van der Waals surface area contributed by atoms with E-state index >= 15 is 0 Å². The first-order valence-electron chi connectivity index (χ1n) is 6.63. The van der Waals surface area contributed by atoms with E-state index in [4.69, 9.17) is 0 Å². The molecule has 2 heteroatoms. The Morgan fingerprint density at radius 3 is 2.88 bits per heavy atom. The quantitative estimate of drug-likeness (QED) is 0.838. The second-order valence-electron chi connectivity index (χ2n) is 5.38. The van der Waals surface area contributed by atoms with Gasteiger partial charge in [-0.05, 0) is 51.1 Å². The van der Waals surface area contributed by atoms with Crippen LogP contribution in [0, 0.1) is 12.8 Å². The minimum atomic E-state index is -0.0592. The molecule has 0 bridgehead atoms. The van der Waals surface area contributed by atoms with Gasteiger partial charge in [0, 0.05) is 6.04 Å². The third kappa shape index (κ3) is 3.55. The van der Waals surface area contributed by atoms with E-state index in [0.29, 0.717) is 12.0 Å². The van der Waals surface area contributed by atoms with Crippen LogP contribution in [0.2, 0.25) is 0 Å². The summed E-state index contributed by atoms with van der Waals surface area (Å²) < 4.78 is 0. The summed E-state index contributed by atoms with van der Waals surface area (Å²) in [7, 11) is 0. The first-order chi connectivity index (χ1) is 8.15. The van der Waals surface area contributed by atoms with Gasteiger partial charge in [0.1, 0.15) is 0 Å². The molecule has 1 saturated carbocycles. The molecule has 1 aliphatic carbocycles. The van der Waals surface area contributed by atoms with E-state index in [0.717, 1.165) is 25.8 Å². The van der Waals surface area contributed by atoms with Crippen LogP contribution >= 0.6 is 0 Å². The molecule has 0 amide bonds. The Hall–Kier alpha value is -0.860. The minimum absolute atomic E-state index is 0.0592. The molecule has 0 heterocycles. The maximum absolute atomic E-state index is 9.49. The van der Waals surface area contributed by atoms with Gasteiger partial charge in [-0.2, -0.15) is 0 Å². The zero-order valence-electron chi connectivity index (χ0n) is 10.8. The van der Waals surface area contributed by atoms with Crippen molar-refractivity contribution >= 4 is 0 Å². The van der Waals surface area contributed by atoms with E-state index in [1.807, 2.05) is 0 Å². The Morgan fingerprint density at radius 2 is 2.24 bits per heavy atom. The highest BCUT2D eigenvalue weighted by Gasteiger charge is 2.22. The van der Waals surface area contributed by atoms with Crippen LogP contribution in [-0.2, 0) is 0 Å². The highest BCUT2D eigenvalue weighted by atomic mass is 16.3. The average Bonchev–Trinajstić information content (AvgIpc) is 2.72. The van der Waals surface area contributed by atoms with Crippen LogP contribution in [-0.4, -0.2) is 17.8 Å². The monoisotopic (exact) mass is 233 g/mol. The number of nitrogens with one attached hydrogen (secondary N) is 1. The summed E-state index contributed by atoms with van der Waals surface area (Å²) in [6.07, 6.45) is 3.05. The number of hydrogen-bond acceptors (Lipinski definition) is 2. The second-order valence-corrected chi connectivity index (χ2v) is 5.38. The number of aliphatic hydroxyl groups is 1. The summed E-state index contributed by atoms with van der Waals surface area (Å²) in [4.78, 5) is 0. The highest BCUT2D eigenvalue weighted by Crippen LogP contribution is 2.25. The zero-order valence-corrected chi connectivity index (χ0v) is 10.8. The molecular formula is C15H23NO.